The lowest BCUT2D eigenvalue weighted by Gasteiger charge is -2.05. The van der Waals surface area contributed by atoms with E-state index in [1.165, 1.54) is 6.20 Å². The van der Waals surface area contributed by atoms with E-state index < -0.39 is 0 Å². The summed E-state index contributed by atoms with van der Waals surface area (Å²) in [5, 5.41) is 7.52. The molecule has 0 fully saturated rings. The Labute approximate surface area is 127 Å². The van der Waals surface area contributed by atoms with Crippen LogP contribution >= 0.6 is 0 Å². The molecule has 0 aliphatic carbocycles. The summed E-state index contributed by atoms with van der Waals surface area (Å²) in [6, 6.07) is 5.40. The summed E-state index contributed by atoms with van der Waals surface area (Å²) in [6.45, 7) is 5.97. The molecule has 0 aliphatic heterocycles. The molecule has 0 spiro atoms. The minimum atomic E-state index is -0.262. The van der Waals surface area contributed by atoms with Gasteiger partial charge in [-0.25, -0.2) is 9.97 Å². The van der Waals surface area contributed by atoms with E-state index in [1.54, 1.807) is 18.3 Å². The van der Waals surface area contributed by atoms with E-state index in [0.29, 0.717) is 17.1 Å². The molecule has 6 nitrogen and oxygen atoms in total. The number of aromatic nitrogens is 3. The number of anilines is 1. The van der Waals surface area contributed by atoms with E-state index in [-0.39, 0.29) is 11.8 Å². The molecule has 0 saturated carbocycles. The number of hydrogen-bond acceptors (Lipinski definition) is 5. The van der Waals surface area contributed by atoms with Crippen molar-refractivity contribution in [3.8, 4) is 0 Å². The molecule has 0 aromatic carbocycles. The predicted octanol–water partition coefficient (Wildman–Crippen LogP) is 3.30. The van der Waals surface area contributed by atoms with Crippen LogP contribution in [0.3, 0.4) is 0 Å². The highest BCUT2D eigenvalue weighted by molar-refractivity contribution is 6.05. The predicted molar refractivity (Wildman–Crippen MR) is 82.8 cm³/mol. The largest absolute Gasteiger partial charge is 0.336 e. The maximum atomic E-state index is 12.3. The zero-order valence-corrected chi connectivity index (χ0v) is 12.6. The molecule has 3 aromatic heterocycles. The van der Waals surface area contributed by atoms with Crippen LogP contribution in [0, 0.1) is 6.92 Å². The summed E-state index contributed by atoms with van der Waals surface area (Å²) in [7, 11) is 0. The Hall–Kier alpha value is -2.76. The third-order valence-electron chi connectivity index (χ3n) is 3.32. The van der Waals surface area contributed by atoms with Crippen molar-refractivity contribution < 1.29 is 9.32 Å². The van der Waals surface area contributed by atoms with Gasteiger partial charge < -0.3 is 9.84 Å². The number of rotatable bonds is 3. The Balaban J connectivity index is 1.90. The van der Waals surface area contributed by atoms with Crippen molar-refractivity contribution in [1.29, 1.82) is 0 Å². The van der Waals surface area contributed by atoms with Gasteiger partial charge in [-0.2, -0.15) is 0 Å². The van der Waals surface area contributed by atoms with Gasteiger partial charge in [0.1, 0.15) is 5.82 Å². The molecule has 3 aromatic rings. The number of carbonyl (C=O) groups excluding carboxylic acids is 1. The van der Waals surface area contributed by atoms with Gasteiger partial charge in [-0.15, -0.1) is 0 Å². The summed E-state index contributed by atoms with van der Waals surface area (Å²) in [5.74, 6) is 0.437. The van der Waals surface area contributed by atoms with Crippen molar-refractivity contribution in [3.05, 3.63) is 47.4 Å². The van der Waals surface area contributed by atoms with E-state index in [2.05, 4.69) is 20.4 Å². The molecule has 112 valence electrons. The molecule has 3 heterocycles. The Morgan fingerprint density at radius 1 is 1.23 bits per heavy atom. The van der Waals surface area contributed by atoms with E-state index in [0.717, 1.165) is 16.6 Å². The first kappa shape index (κ1) is 14.2. The second-order valence-corrected chi connectivity index (χ2v) is 5.47. The van der Waals surface area contributed by atoms with Gasteiger partial charge in [-0.1, -0.05) is 25.1 Å². The smallest absolute Gasteiger partial charge is 0.258 e. The fraction of sp³-hybridized carbons (Fsp3) is 0.250. The molecule has 0 radical (unpaired) electrons. The minimum Gasteiger partial charge on any atom is -0.336 e. The van der Waals surface area contributed by atoms with Crippen molar-refractivity contribution in [3.63, 3.8) is 0 Å². The molecule has 0 bridgehead atoms. The SMILES string of the molecule is Cc1ccc(NC(=O)c2cnc3onc(C(C)C)c3c2)nc1. The van der Waals surface area contributed by atoms with Crippen molar-refractivity contribution >= 4 is 22.8 Å². The van der Waals surface area contributed by atoms with Gasteiger partial charge >= 0.3 is 0 Å². The van der Waals surface area contributed by atoms with Crippen LogP contribution in [0.25, 0.3) is 11.1 Å². The van der Waals surface area contributed by atoms with Crippen LogP contribution in [0.2, 0.25) is 0 Å². The quantitative estimate of drug-likeness (QED) is 0.802. The molecule has 22 heavy (non-hydrogen) atoms. The van der Waals surface area contributed by atoms with Crippen LogP contribution in [0.5, 0.6) is 0 Å². The summed E-state index contributed by atoms with van der Waals surface area (Å²) in [6.07, 6.45) is 3.18. The van der Waals surface area contributed by atoms with Gasteiger partial charge in [-0.05, 0) is 30.5 Å². The molecule has 0 saturated heterocycles. The number of pyridine rings is 2. The van der Waals surface area contributed by atoms with Gasteiger partial charge in [0.15, 0.2) is 0 Å². The van der Waals surface area contributed by atoms with Crippen molar-refractivity contribution in [2.45, 2.75) is 26.7 Å². The fourth-order valence-electron chi connectivity index (χ4n) is 2.12. The van der Waals surface area contributed by atoms with Gasteiger partial charge in [0.05, 0.1) is 16.6 Å². The number of fused-ring (bicyclic) bond motifs is 1. The number of carbonyl (C=O) groups is 1. The van der Waals surface area contributed by atoms with Gasteiger partial charge in [0, 0.05) is 12.4 Å². The average molecular weight is 296 g/mol. The molecule has 0 atom stereocenters. The average Bonchev–Trinajstić information content (AvgIpc) is 2.92. The number of hydrogen-bond donors (Lipinski definition) is 1. The van der Waals surface area contributed by atoms with Crippen LogP contribution in [0.15, 0.2) is 35.1 Å². The fourth-order valence-corrected chi connectivity index (χ4v) is 2.12. The summed E-state index contributed by atoms with van der Waals surface area (Å²) in [4.78, 5) is 20.6. The molecule has 6 heteroatoms. The van der Waals surface area contributed by atoms with Gasteiger partial charge in [0.2, 0.25) is 0 Å². The maximum absolute atomic E-state index is 12.3. The number of nitrogens with zero attached hydrogens (tertiary/aromatic N) is 3. The van der Waals surface area contributed by atoms with Crippen molar-refractivity contribution in [1.82, 2.24) is 15.1 Å². The second-order valence-electron chi connectivity index (χ2n) is 5.47. The Morgan fingerprint density at radius 2 is 2.05 bits per heavy atom. The van der Waals surface area contributed by atoms with Crippen LogP contribution < -0.4 is 5.32 Å². The molecule has 3 rings (SSSR count). The lowest BCUT2D eigenvalue weighted by Crippen LogP contribution is -2.13. The topological polar surface area (TPSA) is 80.9 Å². The molecule has 1 amide bonds. The highest BCUT2D eigenvalue weighted by Gasteiger charge is 2.16. The third kappa shape index (κ3) is 2.67. The standard InChI is InChI=1S/C16H16N4O2/c1-9(2)14-12-6-11(8-18-16(12)22-20-14)15(21)19-13-5-4-10(3)7-17-13/h4-9H,1-3H3,(H,17,19,21). The van der Waals surface area contributed by atoms with Gasteiger partial charge in [-0.3, -0.25) is 4.79 Å². The van der Waals surface area contributed by atoms with E-state index >= 15 is 0 Å². The highest BCUT2D eigenvalue weighted by Crippen LogP contribution is 2.24. The van der Waals surface area contributed by atoms with E-state index in [1.807, 2.05) is 26.8 Å². The molecule has 0 unspecified atom stereocenters. The van der Waals surface area contributed by atoms with E-state index in [4.69, 9.17) is 4.52 Å². The van der Waals surface area contributed by atoms with Crippen LogP contribution in [-0.2, 0) is 0 Å². The second kappa shape index (κ2) is 5.55. The van der Waals surface area contributed by atoms with Crippen molar-refractivity contribution in [2.75, 3.05) is 5.32 Å². The van der Waals surface area contributed by atoms with Gasteiger partial charge in [0.25, 0.3) is 11.6 Å². The number of nitrogens with one attached hydrogen (secondary N) is 1. The summed E-state index contributed by atoms with van der Waals surface area (Å²) < 4.78 is 5.17. The van der Waals surface area contributed by atoms with Crippen LogP contribution in [0.4, 0.5) is 5.82 Å². The van der Waals surface area contributed by atoms with Crippen molar-refractivity contribution in [2.24, 2.45) is 0 Å². The lowest BCUT2D eigenvalue weighted by molar-refractivity contribution is 0.102. The van der Waals surface area contributed by atoms with E-state index in [9.17, 15) is 4.79 Å². The first-order chi connectivity index (χ1) is 10.5. The Morgan fingerprint density at radius 3 is 2.73 bits per heavy atom. The molecule has 0 aliphatic rings. The third-order valence-corrected chi connectivity index (χ3v) is 3.32. The molecular formula is C16H16N4O2. The monoisotopic (exact) mass is 296 g/mol. The Bertz CT molecular complexity index is 822. The lowest BCUT2D eigenvalue weighted by atomic mass is 10.1. The first-order valence-electron chi connectivity index (χ1n) is 7.04. The minimum absolute atomic E-state index is 0.195. The van der Waals surface area contributed by atoms with Crippen LogP contribution in [-0.4, -0.2) is 21.0 Å². The number of amides is 1. The molecule has 1 N–H and O–H groups in total. The zero-order valence-electron chi connectivity index (χ0n) is 12.6. The highest BCUT2D eigenvalue weighted by atomic mass is 16.5. The summed E-state index contributed by atoms with van der Waals surface area (Å²) >= 11 is 0. The van der Waals surface area contributed by atoms with Crippen LogP contribution in [0.1, 0.15) is 41.4 Å². The first-order valence-corrected chi connectivity index (χ1v) is 7.04. The molecular weight excluding hydrogens is 280 g/mol. The normalized spacial score (nSPS) is 11.1. The summed E-state index contributed by atoms with van der Waals surface area (Å²) in [5.41, 5.74) is 2.71. The number of aryl methyl sites for hydroxylation is 1. The maximum Gasteiger partial charge on any atom is 0.258 e. The zero-order chi connectivity index (χ0) is 15.7. The Kier molecular flexibility index (Phi) is 3.58.